The number of fused-ring (bicyclic) bond motifs is 1. The smallest absolute Gasteiger partial charge is 0.199 e. The van der Waals surface area contributed by atoms with Gasteiger partial charge in [-0.25, -0.2) is 4.39 Å². The van der Waals surface area contributed by atoms with E-state index < -0.39 is 0 Å². The average molecular weight is 276 g/mol. The maximum atomic E-state index is 13.5. The molecule has 0 radical (unpaired) electrons. The van der Waals surface area contributed by atoms with Gasteiger partial charge in [0, 0.05) is 17.5 Å². The lowest BCUT2D eigenvalue weighted by molar-refractivity contribution is 0.612. The van der Waals surface area contributed by atoms with Crippen LogP contribution in [0.15, 0.2) is 52.9 Å². The molecule has 1 heterocycles. The predicted molar refractivity (Wildman–Crippen MR) is 75.0 cm³/mol. The van der Waals surface area contributed by atoms with Crippen LogP contribution in [0.2, 0.25) is 5.22 Å². The van der Waals surface area contributed by atoms with Crippen LogP contribution in [0.3, 0.4) is 0 Å². The van der Waals surface area contributed by atoms with Crippen LogP contribution in [0.1, 0.15) is 5.56 Å². The molecule has 3 aromatic rings. The van der Waals surface area contributed by atoms with Gasteiger partial charge in [0.05, 0.1) is 5.69 Å². The van der Waals surface area contributed by atoms with Gasteiger partial charge in [0.1, 0.15) is 11.4 Å². The van der Waals surface area contributed by atoms with Crippen molar-refractivity contribution in [3.8, 4) is 0 Å². The van der Waals surface area contributed by atoms with Crippen molar-refractivity contribution in [2.75, 3.05) is 5.32 Å². The molecule has 0 aliphatic carbocycles. The van der Waals surface area contributed by atoms with Crippen LogP contribution in [-0.4, -0.2) is 0 Å². The van der Waals surface area contributed by atoms with Crippen molar-refractivity contribution < 1.29 is 8.81 Å². The summed E-state index contributed by atoms with van der Waals surface area (Å²) < 4.78 is 19.0. The maximum Gasteiger partial charge on any atom is 0.199 e. The second-order valence-corrected chi connectivity index (χ2v) is 4.53. The molecule has 0 aliphatic heterocycles. The van der Waals surface area contributed by atoms with Crippen LogP contribution in [-0.2, 0) is 6.54 Å². The van der Waals surface area contributed by atoms with Crippen LogP contribution in [0.25, 0.3) is 11.0 Å². The maximum absolute atomic E-state index is 13.5. The molecule has 96 valence electrons. The van der Waals surface area contributed by atoms with Gasteiger partial charge < -0.3 is 9.73 Å². The summed E-state index contributed by atoms with van der Waals surface area (Å²) in [6, 6.07) is 14.1. The van der Waals surface area contributed by atoms with Crippen LogP contribution in [0.5, 0.6) is 0 Å². The molecule has 19 heavy (non-hydrogen) atoms. The zero-order valence-corrected chi connectivity index (χ0v) is 10.7. The van der Waals surface area contributed by atoms with Gasteiger partial charge in [-0.05, 0) is 29.8 Å². The molecule has 3 rings (SSSR count). The number of benzene rings is 2. The first-order valence-electron chi connectivity index (χ1n) is 5.90. The van der Waals surface area contributed by atoms with Crippen molar-refractivity contribution in [1.29, 1.82) is 0 Å². The Hall–Kier alpha value is -2.00. The van der Waals surface area contributed by atoms with Gasteiger partial charge in [0.2, 0.25) is 0 Å². The fourth-order valence-electron chi connectivity index (χ4n) is 2.02. The number of para-hydroxylation sites is 2. The minimum Gasteiger partial charge on any atom is -0.444 e. The fourth-order valence-corrected chi connectivity index (χ4v) is 2.27. The molecule has 0 bridgehead atoms. The topological polar surface area (TPSA) is 25.2 Å². The summed E-state index contributed by atoms with van der Waals surface area (Å²) >= 11 is 6.07. The van der Waals surface area contributed by atoms with E-state index in [1.165, 1.54) is 6.07 Å². The highest BCUT2D eigenvalue weighted by atomic mass is 35.5. The molecule has 0 spiro atoms. The Labute approximate surface area is 114 Å². The van der Waals surface area contributed by atoms with E-state index >= 15 is 0 Å². The molecule has 0 saturated heterocycles. The number of furan rings is 1. The summed E-state index contributed by atoms with van der Waals surface area (Å²) in [7, 11) is 0. The van der Waals surface area contributed by atoms with Crippen molar-refractivity contribution in [3.05, 3.63) is 65.1 Å². The SMILES string of the molecule is Fc1ccccc1NCc1c(Cl)oc2ccccc12. The highest BCUT2D eigenvalue weighted by Gasteiger charge is 2.12. The number of hydrogen-bond donors (Lipinski definition) is 1. The first-order valence-corrected chi connectivity index (χ1v) is 6.28. The van der Waals surface area contributed by atoms with E-state index in [2.05, 4.69) is 5.32 Å². The van der Waals surface area contributed by atoms with E-state index in [0.717, 1.165) is 16.5 Å². The van der Waals surface area contributed by atoms with Gasteiger partial charge in [-0.15, -0.1) is 0 Å². The minimum atomic E-state index is -0.286. The third-order valence-corrected chi connectivity index (χ3v) is 3.28. The quantitative estimate of drug-likeness (QED) is 0.740. The van der Waals surface area contributed by atoms with Gasteiger partial charge >= 0.3 is 0 Å². The van der Waals surface area contributed by atoms with E-state index in [1.807, 2.05) is 24.3 Å². The van der Waals surface area contributed by atoms with E-state index in [4.69, 9.17) is 16.0 Å². The Kier molecular flexibility index (Phi) is 3.13. The van der Waals surface area contributed by atoms with Crippen molar-refractivity contribution >= 4 is 28.3 Å². The van der Waals surface area contributed by atoms with Crippen molar-refractivity contribution in [1.82, 2.24) is 0 Å². The molecule has 0 fully saturated rings. The zero-order chi connectivity index (χ0) is 13.2. The summed E-state index contributed by atoms with van der Waals surface area (Å²) in [5.74, 6) is -0.286. The normalized spacial score (nSPS) is 10.8. The summed E-state index contributed by atoms with van der Waals surface area (Å²) in [5.41, 5.74) is 2.02. The third-order valence-electron chi connectivity index (χ3n) is 2.98. The summed E-state index contributed by atoms with van der Waals surface area (Å²) in [6.45, 7) is 0.413. The highest BCUT2D eigenvalue weighted by molar-refractivity contribution is 6.30. The highest BCUT2D eigenvalue weighted by Crippen LogP contribution is 2.30. The van der Waals surface area contributed by atoms with E-state index in [1.54, 1.807) is 18.2 Å². The van der Waals surface area contributed by atoms with Gasteiger partial charge in [0.15, 0.2) is 5.22 Å². The van der Waals surface area contributed by atoms with Gasteiger partial charge in [-0.1, -0.05) is 30.3 Å². The van der Waals surface area contributed by atoms with Crippen molar-refractivity contribution in [3.63, 3.8) is 0 Å². The molecule has 4 heteroatoms. The van der Waals surface area contributed by atoms with E-state index in [-0.39, 0.29) is 5.82 Å². The van der Waals surface area contributed by atoms with Gasteiger partial charge in [-0.3, -0.25) is 0 Å². The number of halogens is 2. The van der Waals surface area contributed by atoms with Crippen LogP contribution < -0.4 is 5.32 Å². The third kappa shape index (κ3) is 2.29. The molecule has 0 amide bonds. The summed E-state index contributed by atoms with van der Waals surface area (Å²) in [6.07, 6.45) is 0. The van der Waals surface area contributed by atoms with E-state index in [0.29, 0.717) is 17.5 Å². The first-order chi connectivity index (χ1) is 9.25. The minimum absolute atomic E-state index is 0.286. The standard InChI is InChI=1S/C15H11ClFNO/c16-15-11(10-5-1-4-8-14(10)19-15)9-18-13-7-3-2-6-12(13)17/h1-8,18H,9H2. The Morgan fingerprint density at radius 3 is 2.63 bits per heavy atom. The lowest BCUT2D eigenvalue weighted by Gasteiger charge is -2.06. The van der Waals surface area contributed by atoms with Gasteiger partial charge in [0.25, 0.3) is 0 Å². The number of rotatable bonds is 3. The molecule has 1 N–H and O–H groups in total. The van der Waals surface area contributed by atoms with Crippen LogP contribution in [0.4, 0.5) is 10.1 Å². The lowest BCUT2D eigenvalue weighted by atomic mass is 10.2. The van der Waals surface area contributed by atoms with Crippen LogP contribution in [0, 0.1) is 5.82 Å². The Bertz CT molecular complexity index is 723. The first kappa shape index (κ1) is 12.1. The Morgan fingerprint density at radius 1 is 1.05 bits per heavy atom. The molecular formula is C15H11ClFNO. The Balaban J connectivity index is 1.90. The predicted octanol–water partition coefficient (Wildman–Crippen LogP) is 4.84. The Morgan fingerprint density at radius 2 is 1.79 bits per heavy atom. The lowest BCUT2D eigenvalue weighted by Crippen LogP contribution is -2.01. The average Bonchev–Trinajstić information content (AvgIpc) is 2.74. The molecule has 2 nitrogen and oxygen atoms in total. The molecule has 0 atom stereocenters. The fraction of sp³-hybridized carbons (Fsp3) is 0.0667. The van der Waals surface area contributed by atoms with Crippen LogP contribution >= 0.6 is 11.6 Å². The molecule has 0 saturated carbocycles. The molecule has 0 aliphatic rings. The zero-order valence-electron chi connectivity index (χ0n) is 9.99. The molecule has 0 unspecified atom stereocenters. The second kappa shape index (κ2) is 4.94. The number of anilines is 1. The number of nitrogens with one attached hydrogen (secondary N) is 1. The van der Waals surface area contributed by atoms with Gasteiger partial charge in [-0.2, -0.15) is 0 Å². The second-order valence-electron chi connectivity index (χ2n) is 4.18. The molecule has 2 aromatic carbocycles. The van der Waals surface area contributed by atoms with Crippen molar-refractivity contribution in [2.45, 2.75) is 6.54 Å². The number of hydrogen-bond acceptors (Lipinski definition) is 2. The largest absolute Gasteiger partial charge is 0.444 e. The summed E-state index contributed by atoms with van der Waals surface area (Å²) in [4.78, 5) is 0. The summed E-state index contributed by atoms with van der Waals surface area (Å²) in [5, 5.41) is 4.31. The molecular weight excluding hydrogens is 265 g/mol. The monoisotopic (exact) mass is 275 g/mol. The van der Waals surface area contributed by atoms with E-state index in [9.17, 15) is 4.39 Å². The molecule has 1 aromatic heterocycles. The van der Waals surface area contributed by atoms with Crippen molar-refractivity contribution in [2.24, 2.45) is 0 Å².